The molecule has 154 valence electrons. The average Bonchev–Trinajstić information content (AvgIpc) is 3.26. The summed E-state index contributed by atoms with van der Waals surface area (Å²) >= 11 is 1.69. The van der Waals surface area contributed by atoms with Crippen molar-refractivity contribution in [3.05, 3.63) is 45.9 Å². The molecular formula is C19H26F2IN5S. The molecule has 28 heavy (non-hydrogen) atoms. The van der Waals surface area contributed by atoms with Gasteiger partial charge in [0.2, 0.25) is 0 Å². The van der Waals surface area contributed by atoms with Crippen LogP contribution in [0.5, 0.6) is 0 Å². The first-order valence-electron chi connectivity index (χ1n) is 9.14. The normalized spacial score (nSPS) is 16.8. The Bertz CT molecular complexity index is 778. The summed E-state index contributed by atoms with van der Waals surface area (Å²) in [6, 6.07) is 4.07. The van der Waals surface area contributed by atoms with Gasteiger partial charge in [0.15, 0.2) is 5.96 Å². The minimum Gasteiger partial charge on any atom is -0.365 e. The van der Waals surface area contributed by atoms with E-state index in [9.17, 15) is 8.78 Å². The van der Waals surface area contributed by atoms with Crippen LogP contribution in [0, 0.1) is 18.6 Å². The number of guanidine groups is 1. The number of hydrogen-bond acceptors (Lipinski definition) is 4. The van der Waals surface area contributed by atoms with E-state index in [0.29, 0.717) is 19.0 Å². The summed E-state index contributed by atoms with van der Waals surface area (Å²) < 4.78 is 27.9. The highest BCUT2D eigenvalue weighted by molar-refractivity contribution is 14.0. The van der Waals surface area contributed by atoms with Gasteiger partial charge in [-0.2, -0.15) is 0 Å². The predicted octanol–water partition coefficient (Wildman–Crippen LogP) is 3.72. The molecule has 0 aliphatic carbocycles. The quantitative estimate of drug-likeness (QED) is 0.264. The molecule has 1 atom stereocenters. The van der Waals surface area contributed by atoms with E-state index in [1.54, 1.807) is 23.3 Å². The monoisotopic (exact) mass is 521 g/mol. The zero-order valence-corrected chi connectivity index (χ0v) is 19.2. The number of rotatable bonds is 6. The Balaban J connectivity index is 0.00000280. The molecule has 3 rings (SSSR count). The van der Waals surface area contributed by atoms with E-state index in [0.717, 1.165) is 36.5 Å². The standard InChI is InChI=1S/C19H25F2N5S.HI/c1-13-12-27-17(24-13)7-4-9-23-19(22-2)25-14-8-10-26(11-14)18-15(20)5-3-6-16(18)21;/h3,5-6,12,14H,4,7-11H2,1-2H3,(H2,22,23,25);1H. The van der Waals surface area contributed by atoms with Gasteiger partial charge in [0.1, 0.15) is 17.3 Å². The van der Waals surface area contributed by atoms with Crippen LogP contribution in [0.15, 0.2) is 28.6 Å². The van der Waals surface area contributed by atoms with Gasteiger partial charge in [0, 0.05) is 50.2 Å². The fourth-order valence-corrected chi connectivity index (χ4v) is 4.04. The van der Waals surface area contributed by atoms with E-state index in [4.69, 9.17) is 0 Å². The smallest absolute Gasteiger partial charge is 0.191 e. The lowest BCUT2D eigenvalue weighted by Crippen LogP contribution is -2.45. The molecule has 1 aliphatic heterocycles. The lowest BCUT2D eigenvalue weighted by molar-refractivity contribution is 0.575. The van der Waals surface area contributed by atoms with Crippen molar-refractivity contribution >= 4 is 47.0 Å². The number of aryl methyl sites for hydroxylation is 2. The summed E-state index contributed by atoms with van der Waals surface area (Å²) in [6.45, 7) is 3.94. The lowest BCUT2D eigenvalue weighted by atomic mass is 10.2. The van der Waals surface area contributed by atoms with Gasteiger partial charge in [0.05, 0.1) is 5.01 Å². The van der Waals surface area contributed by atoms with Gasteiger partial charge in [-0.05, 0) is 31.9 Å². The third-order valence-corrected chi connectivity index (χ3v) is 5.56. The molecule has 1 aliphatic rings. The molecule has 9 heteroatoms. The molecule has 1 aromatic heterocycles. The highest BCUT2D eigenvalue weighted by Crippen LogP contribution is 2.26. The Kier molecular flexibility index (Phi) is 8.87. The molecular weight excluding hydrogens is 495 g/mol. The average molecular weight is 521 g/mol. The van der Waals surface area contributed by atoms with Crippen LogP contribution in [0.25, 0.3) is 0 Å². The number of aromatic nitrogens is 1. The Labute approximate surface area is 185 Å². The Morgan fingerprint density at radius 3 is 2.75 bits per heavy atom. The predicted molar refractivity (Wildman–Crippen MR) is 122 cm³/mol. The number of para-hydroxylation sites is 1. The first-order chi connectivity index (χ1) is 13.1. The fraction of sp³-hybridized carbons (Fsp3) is 0.474. The van der Waals surface area contributed by atoms with E-state index < -0.39 is 11.6 Å². The number of thiazole rings is 1. The van der Waals surface area contributed by atoms with E-state index in [1.807, 2.05) is 6.92 Å². The summed E-state index contributed by atoms with van der Waals surface area (Å²) in [4.78, 5) is 10.5. The molecule has 2 heterocycles. The second kappa shape index (κ2) is 10.9. The number of aliphatic imine (C=N–C) groups is 1. The molecule has 1 unspecified atom stereocenters. The number of nitrogens with zero attached hydrogens (tertiary/aromatic N) is 3. The maximum absolute atomic E-state index is 14.0. The molecule has 1 saturated heterocycles. The van der Waals surface area contributed by atoms with E-state index in [1.165, 1.54) is 18.2 Å². The minimum atomic E-state index is -0.518. The lowest BCUT2D eigenvalue weighted by Gasteiger charge is -2.21. The van der Waals surface area contributed by atoms with Crippen LogP contribution in [0.1, 0.15) is 23.5 Å². The molecule has 5 nitrogen and oxygen atoms in total. The van der Waals surface area contributed by atoms with Gasteiger partial charge < -0.3 is 15.5 Å². The Morgan fingerprint density at radius 2 is 2.11 bits per heavy atom. The number of hydrogen-bond donors (Lipinski definition) is 2. The third kappa shape index (κ3) is 6.00. The molecule has 2 N–H and O–H groups in total. The first-order valence-corrected chi connectivity index (χ1v) is 10.0. The molecule has 0 radical (unpaired) electrons. The van der Waals surface area contributed by atoms with E-state index >= 15 is 0 Å². The largest absolute Gasteiger partial charge is 0.365 e. The molecule has 1 aromatic carbocycles. The molecule has 0 spiro atoms. The second-order valence-electron chi connectivity index (χ2n) is 6.63. The van der Waals surface area contributed by atoms with Crippen molar-refractivity contribution in [2.45, 2.75) is 32.2 Å². The van der Waals surface area contributed by atoms with Gasteiger partial charge in [-0.1, -0.05) is 6.07 Å². The van der Waals surface area contributed by atoms with Gasteiger partial charge >= 0.3 is 0 Å². The van der Waals surface area contributed by atoms with Crippen LogP contribution in [-0.4, -0.2) is 43.7 Å². The van der Waals surface area contributed by atoms with Crippen molar-refractivity contribution in [1.82, 2.24) is 15.6 Å². The molecule has 2 aromatic rings. The van der Waals surface area contributed by atoms with Crippen LogP contribution in [0.4, 0.5) is 14.5 Å². The Morgan fingerprint density at radius 1 is 1.36 bits per heavy atom. The van der Waals surface area contributed by atoms with Crippen molar-refractivity contribution in [3.63, 3.8) is 0 Å². The van der Waals surface area contributed by atoms with Gasteiger partial charge in [-0.3, -0.25) is 4.99 Å². The number of nitrogens with one attached hydrogen (secondary N) is 2. The summed E-state index contributed by atoms with van der Waals surface area (Å²) in [5.74, 6) is -0.322. The van der Waals surface area contributed by atoms with Crippen molar-refractivity contribution < 1.29 is 8.78 Å². The topological polar surface area (TPSA) is 52.6 Å². The van der Waals surface area contributed by atoms with Crippen LogP contribution in [0.2, 0.25) is 0 Å². The van der Waals surface area contributed by atoms with Crippen molar-refractivity contribution in [2.24, 2.45) is 4.99 Å². The summed E-state index contributed by atoms with van der Waals surface area (Å²) in [5, 5.41) is 9.86. The maximum atomic E-state index is 14.0. The maximum Gasteiger partial charge on any atom is 0.191 e. The van der Waals surface area contributed by atoms with E-state index in [2.05, 4.69) is 26.0 Å². The molecule has 0 amide bonds. The van der Waals surface area contributed by atoms with Crippen molar-refractivity contribution in [2.75, 3.05) is 31.6 Å². The summed E-state index contributed by atoms with van der Waals surface area (Å²) in [6.07, 6.45) is 2.70. The first kappa shape index (κ1) is 22.8. The molecule has 0 bridgehead atoms. The number of halogens is 3. The van der Waals surface area contributed by atoms with Crippen LogP contribution in [0.3, 0.4) is 0 Å². The highest BCUT2D eigenvalue weighted by Gasteiger charge is 2.27. The van der Waals surface area contributed by atoms with E-state index in [-0.39, 0.29) is 35.7 Å². The third-order valence-electron chi connectivity index (χ3n) is 4.53. The minimum absolute atomic E-state index is 0. The van der Waals surface area contributed by atoms with Crippen LogP contribution < -0.4 is 15.5 Å². The Hall–Kier alpha value is -1.49. The summed E-state index contributed by atoms with van der Waals surface area (Å²) in [7, 11) is 1.72. The summed E-state index contributed by atoms with van der Waals surface area (Å²) in [5.41, 5.74) is 1.13. The van der Waals surface area contributed by atoms with Crippen molar-refractivity contribution in [1.29, 1.82) is 0 Å². The van der Waals surface area contributed by atoms with Crippen LogP contribution >= 0.6 is 35.3 Å². The fourth-order valence-electron chi connectivity index (χ4n) is 3.22. The van der Waals surface area contributed by atoms with Gasteiger partial charge in [-0.15, -0.1) is 35.3 Å². The number of benzene rings is 1. The van der Waals surface area contributed by atoms with Gasteiger partial charge in [0.25, 0.3) is 0 Å². The zero-order valence-electron chi connectivity index (χ0n) is 16.0. The number of anilines is 1. The molecule has 0 saturated carbocycles. The van der Waals surface area contributed by atoms with Crippen LogP contribution in [-0.2, 0) is 6.42 Å². The second-order valence-corrected chi connectivity index (χ2v) is 7.57. The zero-order chi connectivity index (χ0) is 19.2. The van der Waals surface area contributed by atoms with Gasteiger partial charge in [-0.25, -0.2) is 13.8 Å². The van der Waals surface area contributed by atoms with Crippen molar-refractivity contribution in [3.8, 4) is 0 Å². The molecule has 1 fully saturated rings. The SMILES string of the molecule is CN=C(NCCCc1nc(C)cs1)NC1CCN(c2c(F)cccc2F)C1.I. The highest BCUT2D eigenvalue weighted by atomic mass is 127.